The van der Waals surface area contributed by atoms with Gasteiger partial charge in [0.25, 0.3) is 0 Å². The molecule has 1 aromatic carbocycles. The van der Waals surface area contributed by atoms with Crippen LogP contribution in [-0.2, 0) is 11.2 Å². The molecule has 0 bridgehead atoms. The number of carboxylic acids is 1. The third-order valence-electron chi connectivity index (χ3n) is 2.63. The van der Waals surface area contributed by atoms with Gasteiger partial charge in [0.2, 0.25) is 0 Å². The first kappa shape index (κ1) is 16.4. The van der Waals surface area contributed by atoms with Crippen LogP contribution in [0.4, 0.5) is 10.5 Å². The van der Waals surface area contributed by atoms with Crippen LogP contribution >= 0.6 is 11.8 Å². The molecule has 0 heterocycles. The lowest BCUT2D eigenvalue weighted by Crippen LogP contribution is -2.37. The normalized spacial score (nSPS) is 11.7. The van der Waals surface area contributed by atoms with Gasteiger partial charge in [-0.15, -0.1) is 0 Å². The van der Waals surface area contributed by atoms with Crippen LogP contribution in [-0.4, -0.2) is 35.2 Å². The van der Waals surface area contributed by atoms with Gasteiger partial charge in [0.1, 0.15) is 0 Å². The fourth-order valence-electron chi connectivity index (χ4n) is 1.69. The largest absolute Gasteiger partial charge is 0.481 e. The molecule has 1 aromatic rings. The molecule has 20 heavy (non-hydrogen) atoms. The van der Waals surface area contributed by atoms with Crippen molar-refractivity contribution in [2.24, 2.45) is 0 Å². The molecule has 3 N–H and O–H groups in total. The Morgan fingerprint density at radius 1 is 1.30 bits per heavy atom. The summed E-state index contributed by atoms with van der Waals surface area (Å²) in [5.41, 5.74) is 1.63. The summed E-state index contributed by atoms with van der Waals surface area (Å²) in [6, 6.07) is 7.07. The third-order valence-corrected chi connectivity index (χ3v) is 3.47. The predicted molar refractivity (Wildman–Crippen MR) is 82.4 cm³/mol. The van der Waals surface area contributed by atoms with E-state index in [1.807, 2.05) is 25.3 Å². The Labute approximate surface area is 123 Å². The first-order chi connectivity index (χ1) is 9.51. The summed E-state index contributed by atoms with van der Waals surface area (Å²) in [7, 11) is 0. The van der Waals surface area contributed by atoms with E-state index in [4.69, 9.17) is 5.11 Å². The molecule has 0 saturated heterocycles. The number of carbonyl (C=O) groups excluding carboxylic acids is 1. The fourth-order valence-corrected chi connectivity index (χ4v) is 2.27. The van der Waals surface area contributed by atoms with E-state index >= 15 is 0 Å². The van der Waals surface area contributed by atoms with Crippen molar-refractivity contribution in [3.63, 3.8) is 0 Å². The summed E-state index contributed by atoms with van der Waals surface area (Å²) in [5.74, 6) is 0.0519. The molecule has 0 aliphatic heterocycles. The molecule has 1 unspecified atom stereocenters. The molecule has 5 nitrogen and oxygen atoms in total. The summed E-state index contributed by atoms with van der Waals surface area (Å²) < 4.78 is 0. The summed E-state index contributed by atoms with van der Waals surface area (Å²) in [6.07, 6.45) is 2.60. The maximum Gasteiger partial charge on any atom is 0.319 e. The van der Waals surface area contributed by atoms with Crippen molar-refractivity contribution >= 4 is 29.4 Å². The molecule has 0 fully saturated rings. The number of amides is 2. The monoisotopic (exact) mass is 296 g/mol. The van der Waals surface area contributed by atoms with Crippen molar-refractivity contribution in [3.05, 3.63) is 29.8 Å². The summed E-state index contributed by atoms with van der Waals surface area (Å²) in [5, 5.41) is 14.2. The Hall–Kier alpha value is -1.69. The van der Waals surface area contributed by atoms with E-state index in [0.29, 0.717) is 12.1 Å². The van der Waals surface area contributed by atoms with E-state index in [1.165, 1.54) is 0 Å². The van der Waals surface area contributed by atoms with Crippen molar-refractivity contribution in [3.8, 4) is 0 Å². The lowest BCUT2D eigenvalue weighted by molar-refractivity contribution is -0.136. The number of aliphatic carboxylic acids is 1. The number of thioether (sulfide) groups is 1. The van der Waals surface area contributed by atoms with Crippen molar-refractivity contribution < 1.29 is 14.7 Å². The van der Waals surface area contributed by atoms with E-state index in [0.717, 1.165) is 11.3 Å². The van der Waals surface area contributed by atoms with Gasteiger partial charge in [-0.05, 0) is 37.3 Å². The van der Waals surface area contributed by atoms with E-state index in [9.17, 15) is 9.59 Å². The SMILES string of the molecule is CSCC(C)NC(=O)Nc1ccc(CCC(=O)O)cc1. The van der Waals surface area contributed by atoms with Crippen LogP contribution in [0.3, 0.4) is 0 Å². The Bertz CT molecular complexity index is 448. The van der Waals surface area contributed by atoms with Crippen LogP contribution in [0, 0.1) is 0 Å². The Morgan fingerprint density at radius 2 is 1.95 bits per heavy atom. The zero-order valence-electron chi connectivity index (χ0n) is 11.7. The minimum absolute atomic E-state index is 0.111. The second kappa shape index (κ2) is 8.47. The third kappa shape index (κ3) is 6.47. The van der Waals surface area contributed by atoms with E-state index in [1.54, 1.807) is 23.9 Å². The maximum atomic E-state index is 11.7. The molecular weight excluding hydrogens is 276 g/mol. The fraction of sp³-hybridized carbons (Fsp3) is 0.429. The Kier molecular flexibility index (Phi) is 6.93. The molecule has 1 atom stereocenters. The van der Waals surface area contributed by atoms with Gasteiger partial charge in [0, 0.05) is 23.9 Å². The molecule has 0 aliphatic rings. The topological polar surface area (TPSA) is 78.4 Å². The van der Waals surface area contributed by atoms with Crippen molar-refractivity contribution in [2.45, 2.75) is 25.8 Å². The van der Waals surface area contributed by atoms with Crippen molar-refractivity contribution in [2.75, 3.05) is 17.3 Å². The molecule has 110 valence electrons. The van der Waals surface area contributed by atoms with Gasteiger partial charge < -0.3 is 15.7 Å². The number of hydrogen-bond acceptors (Lipinski definition) is 3. The molecule has 2 amide bonds. The van der Waals surface area contributed by atoms with Crippen LogP contribution < -0.4 is 10.6 Å². The van der Waals surface area contributed by atoms with Crippen LogP contribution in [0.15, 0.2) is 24.3 Å². The molecular formula is C14H20N2O3S. The van der Waals surface area contributed by atoms with Gasteiger partial charge in [-0.1, -0.05) is 12.1 Å². The number of carboxylic acid groups (broad SMARTS) is 1. The highest BCUT2D eigenvalue weighted by Gasteiger charge is 2.06. The van der Waals surface area contributed by atoms with Crippen LogP contribution in [0.5, 0.6) is 0 Å². The molecule has 0 aromatic heterocycles. The lowest BCUT2D eigenvalue weighted by Gasteiger charge is -2.13. The standard InChI is InChI=1S/C14H20N2O3S/c1-10(9-20-2)15-14(19)16-12-6-3-11(4-7-12)5-8-13(17)18/h3-4,6-7,10H,5,8-9H2,1-2H3,(H,17,18)(H2,15,16,19). The first-order valence-electron chi connectivity index (χ1n) is 6.38. The highest BCUT2D eigenvalue weighted by molar-refractivity contribution is 7.98. The number of anilines is 1. The van der Waals surface area contributed by atoms with Crippen LogP contribution in [0.1, 0.15) is 18.9 Å². The number of benzene rings is 1. The van der Waals surface area contributed by atoms with Crippen LogP contribution in [0.2, 0.25) is 0 Å². The minimum Gasteiger partial charge on any atom is -0.481 e. The van der Waals surface area contributed by atoms with Gasteiger partial charge in [0.05, 0.1) is 0 Å². The molecule has 6 heteroatoms. The van der Waals surface area contributed by atoms with E-state index in [2.05, 4.69) is 10.6 Å². The number of nitrogens with one attached hydrogen (secondary N) is 2. The number of hydrogen-bond donors (Lipinski definition) is 3. The molecule has 0 saturated carbocycles. The second-order valence-corrected chi connectivity index (χ2v) is 5.46. The first-order valence-corrected chi connectivity index (χ1v) is 7.78. The highest BCUT2D eigenvalue weighted by atomic mass is 32.2. The summed E-state index contributed by atoms with van der Waals surface area (Å²) >= 11 is 1.68. The molecule has 0 radical (unpaired) electrons. The Morgan fingerprint density at radius 3 is 2.50 bits per heavy atom. The maximum absolute atomic E-state index is 11.7. The van der Waals surface area contributed by atoms with Crippen molar-refractivity contribution in [1.82, 2.24) is 5.32 Å². The zero-order chi connectivity index (χ0) is 15.0. The van der Waals surface area contributed by atoms with Crippen molar-refractivity contribution in [1.29, 1.82) is 0 Å². The van der Waals surface area contributed by atoms with Crippen LogP contribution in [0.25, 0.3) is 0 Å². The predicted octanol–water partition coefficient (Wildman–Crippen LogP) is 2.58. The summed E-state index contributed by atoms with van der Waals surface area (Å²) in [4.78, 5) is 22.2. The highest BCUT2D eigenvalue weighted by Crippen LogP contribution is 2.11. The summed E-state index contributed by atoms with van der Waals surface area (Å²) in [6.45, 7) is 1.95. The van der Waals surface area contributed by atoms with Gasteiger partial charge in [-0.25, -0.2) is 4.79 Å². The number of urea groups is 1. The molecule has 0 aliphatic carbocycles. The quantitative estimate of drug-likeness (QED) is 0.722. The number of aryl methyl sites for hydroxylation is 1. The molecule has 0 spiro atoms. The zero-order valence-corrected chi connectivity index (χ0v) is 12.5. The van der Waals surface area contributed by atoms with Gasteiger partial charge in [-0.2, -0.15) is 11.8 Å². The van der Waals surface area contributed by atoms with E-state index in [-0.39, 0.29) is 18.5 Å². The second-order valence-electron chi connectivity index (χ2n) is 4.55. The number of rotatable bonds is 7. The average Bonchev–Trinajstić information content (AvgIpc) is 2.37. The van der Waals surface area contributed by atoms with Gasteiger partial charge >= 0.3 is 12.0 Å². The minimum atomic E-state index is -0.811. The lowest BCUT2D eigenvalue weighted by atomic mass is 10.1. The Balaban J connectivity index is 2.44. The smallest absolute Gasteiger partial charge is 0.319 e. The number of carbonyl (C=O) groups is 2. The van der Waals surface area contributed by atoms with E-state index < -0.39 is 5.97 Å². The molecule has 1 rings (SSSR count). The van der Waals surface area contributed by atoms with Gasteiger partial charge in [0.15, 0.2) is 0 Å². The average molecular weight is 296 g/mol. The van der Waals surface area contributed by atoms with Gasteiger partial charge in [-0.3, -0.25) is 4.79 Å².